The number of rotatable bonds is 5. The summed E-state index contributed by atoms with van der Waals surface area (Å²) in [5, 5.41) is 11.0. The molecule has 0 saturated heterocycles. The number of carboxylic acids is 1. The number of carboxylic acid groups (broad SMARTS) is 1. The standard InChI is InChI=1S/C15H21NO3S/c1-10(8-13-4-3-7-20-13)16(2)14(17)11-5-6-12(9-11)15(18)19/h3-4,7,10-12H,5-6,8-9H2,1-2H3,(H,18,19)/t10?,11-,12+/m1/s1. The highest BCUT2D eigenvalue weighted by molar-refractivity contribution is 7.09. The fourth-order valence-electron chi connectivity index (χ4n) is 2.79. The second kappa shape index (κ2) is 6.39. The van der Waals surface area contributed by atoms with Crippen LogP contribution in [-0.4, -0.2) is 35.0 Å². The molecule has 1 aliphatic rings. The predicted molar refractivity (Wildman–Crippen MR) is 78.7 cm³/mol. The Morgan fingerprint density at radius 2 is 2.15 bits per heavy atom. The van der Waals surface area contributed by atoms with E-state index < -0.39 is 5.97 Å². The van der Waals surface area contributed by atoms with Crippen LogP contribution in [0.2, 0.25) is 0 Å². The molecule has 1 amide bonds. The minimum Gasteiger partial charge on any atom is -0.481 e. The smallest absolute Gasteiger partial charge is 0.306 e. The zero-order valence-electron chi connectivity index (χ0n) is 11.9. The zero-order chi connectivity index (χ0) is 14.7. The van der Waals surface area contributed by atoms with Gasteiger partial charge in [0.25, 0.3) is 0 Å². The highest BCUT2D eigenvalue weighted by Crippen LogP contribution is 2.32. The average Bonchev–Trinajstić information content (AvgIpc) is 3.07. The molecule has 1 aromatic rings. The van der Waals surface area contributed by atoms with Crippen LogP contribution in [-0.2, 0) is 16.0 Å². The van der Waals surface area contributed by atoms with E-state index in [2.05, 4.69) is 6.07 Å². The van der Waals surface area contributed by atoms with Crippen LogP contribution in [0.3, 0.4) is 0 Å². The van der Waals surface area contributed by atoms with E-state index in [0.717, 1.165) is 6.42 Å². The van der Waals surface area contributed by atoms with Gasteiger partial charge in [-0.15, -0.1) is 11.3 Å². The molecule has 0 aromatic carbocycles. The van der Waals surface area contributed by atoms with Crippen LogP contribution in [0.4, 0.5) is 0 Å². The molecule has 2 rings (SSSR count). The number of thiophene rings is 1. The molecule has 1 aromatic heterocycles. The Morgan fingerprint density at radius 3 is 2.70 bits per heavy atom. The third-order valence-corrected chi connectivity index (χ3v) is 5.12. The average molecular weight is 295 g/mol. The SMILES string of the molecule is CC(Cc1cccs1)N(C)C(=O)[C@@H]1CC[C@H](C(=O)O)C1. The van der Waals surface area contributed by atoms with Crippen LogP contribution < -0.4 is 0 Å². The van der Waals surface area contributed by atoms with Gasteiger partial charge in [-0.25, -0.2) is 0 Å². The maximum atomic E-state index is 12.4. The van der Waals surface area contributed by atoms with Gasteiger partial charge in [-0.05, 0) is 37.6 Å². The van der Waals surface area contributed by atoms with Crippen LogP contribution >= 0.6 is 11.3 Å². The first-order chi connectivity index (χ1) is 9.49. The van der Waals surface area contributed by atoms with Crippen molar-refractivity contribution in [3.05, 3.63) is 22.4 Å². The molecule has 0 radical (unpaired) electrons. The lowest BCUT2D eigenvalue weighted by Crippen LogP contribution is -2.39. The molecule has 4 nitrogen and oxygen atoms in total. The van der Waals surface area contributed by atoms with Gasteiger partial charge < -0.3 is 10.0 Å². The van der Waals surface area contributed by atoms with Crippen molar-refractivity contribution >= 4 is 23.2 Å². The molecular formula is C15H21NO3S. The molecule has 1 heterocycles. The largest absolute Gasteiger partial charge is 0.481 e. The molecular weight excluding hydrogens is 274 g/mol. The molecule has 1 N–H and O–H groups in total. The Balaban J connectivity index is 1.90. The number of aliphatic carboxylic acids is 1. The van der Waals surface area contributed by atoms with Crippen molar-refractivity contribution in [1.29, 1.82) is 0 Å². The lowest BCUT2D eigenvalue weighted by molar-refractivity contribution is -0.141. The van der Waals surface area contributed by atoms with E-state index in [0.29, 0.717) is 19.3 Å². The first-order valence-corrected chi connectivity index (χ1v) is 7.89. The van der Waals surface area contributed by atoms with Crippen LogP contribution in [0, 0.1) is 11.8 Å². The van der Waals surface area contributed by atoms with Gasteiger partial charge in [0.15, 0.2) is 0 Å². The third-order valence-electron chi connectivity index (χ3n) is 4.22. The van der Waals surface area contributed by atoms with Gasteiger partial charge in [-0.1, -0.05) is 6.07 Å². The molecule has 110 valence electrons. The summed E-state index contributed by atoms with van der Waals surface area (Å²) in [6.07, 6.45) is 2.67. The second-order valence-electron chi connectivity index (χ2n) is 5.63. The van der Waals surface area contributed by atoms with E-state index in [1.54, 1.807) is 16.2 Å². The lowest BCUT2D eigenvalue weighted by atomic mass is 10.0. The molecule has 1 saturated carbocycles. The van der Waals surface area contributed by atoms with Crippen LogP contribution in [0.15, 0.2) is 17.5 Å². The Morgan fingerprint density at radius 1 is 1.45 bits per heavy atom. The van der Waals surface area contributed by atoms with Crippen molar-refractivity contribution in [2.24, 2.45) is 11.8 Å². The maximum absolute atomic E-state index is 12.4. The maximum Gasteiger partial charge on any atom is 0.306 e. The third kappa shape index (κ3) is 3.39. The molecule has 20 heavy (non-hydrogen) atoms. The molecule has 5 heteroatoms. The van der Waals surface area contributed by atoms with E-state index >= 15 is 0 Å². The van der Waals surface area contributed by atoms with Gasteiger partial charge in [0.05, 0.1) is 5.92 Å². The number of hydrogen-bond donors (Lipinski definition) is 1. The van der Waals surface area contributed by atoms with Gasteiger partial charge in [0.1, 0.15) is 0 Å². The number of amides is 1. The number of carbonyl (C=O) groups excluding carboxylic acids is 1. The Bertz CT molecular complexity index is 471. The molecule has 1 unspecified atom stereocenters. The number of likely N-dealkylation sites (N-methyl/N-ethyl adjacent to an activating group) is 1. The minimum absolute atomic E-state index is 0.0952. The Labute approximate surface area is 123 Å². The van der Waals surface area contributed by atoms with Gasteiger partial charge in [0, 0.05) is 30.3 Å². The monoisotopic (exact) mass is 295 g/mol. The molecule has 0 bridgehead atoms. The molecule has 0 spiro atoms. The number of hydrogen-bond acceptors (Lipinski definition) is 3. The van der Waals surface area contributed by atoms with E-state index in [1.165, 1.54) is 4.88 Å². The summed E-state index contributed by atoms with van der Waals surface area (Å²) < 4.78 is 0. The van der Waals surface area contributed by atoms with Crippen LogP contribution in [0.5, 0.6) is 0 Å². The topological polar surface area (TPSA) is 57.6 Å². The first kappa shape index (κ1) is 15.0. The first-order valence-electron chi connectivity index (χ1n) is 7.01. The van der Waals surface area contributed by atoms with Gasteiger partial charge in [-0.3, -0.25) is 9.59 Å². The summed E-state index contributed by atoms with van der Waals surface area (Å²) in [6.45, 7) is 2.04. The van der Waals surface area contributed by atoms with Gasteiger partial charge in [0.2, 0.25) is 5.91 Å². The van der Waals surface area contributed by atoms with Gasteiger partial charge in [-0.2, -0.15) is 0 Å². The van der Waals surface area contributed by atoms with Gasteiger partial charge >= 0.3 is 5.97 Å². The fraction of sp³-hybridized carbons (Fsp3) is 0.600. The van der Waals surface area contributed by atoms with Crippen molar-refractivity contribution in [1.82, 2.24) is 4.90 Å². The number of nitrogens with zero attached hydrogens (tertiary/aromatic N) is 1. The Hall–Kier alpha value is -1.36. The van der Waals surface area contributed by atoms with Crippen LogP contribution in [0.1, 0.15) is 31.1 Å². The summed E-state index contributed by atoms with van der Waals surface area (Å²) in [5.41, 5.74) is 0. The minimum atomic E-state index is -0.769. The fourth-order valence-corrected chi connectivity index (χ4v) is 3.62. The van der Waals surface area contributed by atoms with Crippen molar-refractivity contribution in [2.45, 2.75) is 38.6 Å². The van der Waals surface area contributed by atoms with E-state index in [4.69, 9.17) is 5.11 Å². The Kier molecular flexibility index (Phi) is 4.81. The predicted octanol–water partition coefficient (Wildman–Crippen LogP) is 2.64. The van der Waals surface area contributed by atoms with E-state index in [9.17, 15) is 9.59 Å². The normalized spacial score (nSPS) is 23.5. The van der Waals surface area contributed by atoms with Crippen molar-refractivity contribution in [2.75, 3.05) is 7.05 Å². The van der Waals surface area contributed by atoms with E-state index in [-0.39, 0.29) is 23.8 Å². The van der Waals surface area contributed by atoms with Crippen LogP contribution in [0.25, 0.3) is 0 Å². The van der Waals surface area contributed by atoms with Crippen molar-refractivity contribution in [3.8, 4) is 0 Å². The molecule has 0 aliphatic heterocycles. The molecule has 1 fully saturated rings. The summed E-state index contributed by atoms with van der Waals surface area (Å²) in [7, 11) is 1.83. The molecule has 1 aliphatic carbocycles. The summed E-state index contributed by atoms with van der Waals surface area (Å²) in [5.74, 6) is -1.13. The lowest BCUT2D eigenvalue weighted by Gasteiger charge is -2.27. The second-order valence-corrected chi connectivity index (χ2v) is 6.66. The van der Waals surface area contributed by atoms with Crippen molar-refractivity contribution < 1.29 is 14.7 Å². The highest BCUT2D eigenvalue weighted by Gasteiger charge is 2.35. The highest BCUT2D eigenvalue weighted by atomic mass is 32.1. The number of carbonyl (C=O) groups is 2. The van der Waals surface area contributed by atoms with Crippen molar-refractivity contribution in [3.63, 3.8) is 0 Å². The zero-order valence-corrected chi connectivity index (χ0v) is 12.7. The summed E-state index contributed by atoms with van der Waals surface area (Å²) >= 11 is 1.70. The summed E-state index contributed by atoms with van der Waals surface area (Å²) in [4.78, 5) is 26.4. The quantitative estimate of drug-likeness (QED) is 0.908. The summed E-state index contributed by atoms with van der Waals surface area (Å²) in [6, 6.07) is 4.24. The van der Waals surface area contributed by atoms with E-state index in [1.807, 2.05) is 25.4 Å². The molecule has 3 atom stereocenters.